The first-order chi connectivity index (χ1) is 10.5. The second-order valence-corrected chi connectivity index (χ2v) is 6.29. The van der Waals surface area contributed by atoms with Crippen molar-refractivity contribution in [3.63, 3.8) is 0 Å². The molecule has 22 heavy (non-hydrogen) atoms. The summed E-state index contributed by atoms with van der Waals surface area (Å²) in [6.45, 7) is 4.50. The van der Waals surface area contributed by atoms with E-state index in [2.05, 4.69) is 15.4 Å². The standard InChI is InChI=1S/C14H23N3O4S/c1-3-17-22(19,20)13-6-4-12(5-7-13)14(18)16-9-8-15-10-11-21-2/h4-7,15,17H,3,8-11H2,1-2H3,(H,16,18). The maximum atomic E-state index is 11.9. The molecule has 0 bridgehead atoms. The first kappa shape index (κ1) is 18.6. The molecule has 1 rings (SSSR count). The second-order valence-electron chi connectivity index (χ2n) is 4.52. The van der Waals surface area contributed by atoms with Crippen molar-refractivity contribution < 1.29 is 17.9 Å². The lowest BCUT2D eigenvalue weighted by atomic mass is 10.2. The van der Waals surface area contributed by atoms with Crippen molar-refractivity contribution in [1.29, 1.82) is 0 Å². The van der Waals surface area contributed by atoms with E-state index in [1.807, 2.05) is 0 Å². The number of carbonyl (C=O) groups is 1. The van der Waals surface area contributed by atoms with Crippen molar-refractivity contribution in [2.24, 2.45) is 0 Å². The molecule has 0 saturated heterocycles. The molecule has 0 heterocycles. The van der Waals surface area contributed by atoms with Crippen molar-refractivity contribution >= 4 is 15.9 Å². The lowest BCUT2D eigenvalue weighted by Crippen LogP contribution is -2.33. The highest BCUT2D eigenvalue weighted by Crippen LogP contribution is 2.10. The topological polar surface area (TPSA) is 96.5 Å². The quantitative estimate of drug-likeness (QED) is 0.523. The van der Waals surface area contributed by atoms with Gasteiger partial charge in [0.05, 0.1) is 11.5 Å². The molecule has 124 valence electrons. The highest BCUT2D eigenvalue weighted by molar-refractivity contribution is 7.89. The highest BCUT2D eigenvalue weighted by Gasteiger charge is 2.13. The van der Waals surface area contributed by atoms with E-state index in [0.29, 0.717) is 31.8 Å². The Morgan fingerprint density at radius 3 is 2.41 bits per heavy atom. The number of sulfonamides is 1. The molecule has 0 aromatic heterocycles. The third-order valence-electron chi connectivity index (χ3n) is 2.83. The molecule has 0 aliphatic carbocycles. The van der Waals surface area contributed by atoms with Crippen LogP contribution in [0.3, 0.4) is 0 Å². The Morgan fingerprint density at radius 2 is 1.82 bits per heavy atom. The Bertz CT molecular complexity index is 558. The lowest BCUT2D eigenvalue weighted by Gasteiger charge is -2.08. The van der Waals surface area contributed by atoms with Crippen LogP contribution in [0.25, 0.3) is 0 Å². The molecule has 0 atom stereocenters. The van der Waals surface area contributed by atoms with E-state index in [1.54, 1.807) is 14.0 Å². The molecule has 7 nitrogen and oxygen atoms in total. The predicted molar refractivity (Wildman–Crippen MR) is 84.4 cm³/mol. The van der Waals surface area contributed by atoms with Crippen LogP contribution in [0.15, 0.2) is 29.2 Å². The summed E-state index contributed by atoms with van der Waals surface area (Å²) in [6.07, 6.45) is 0. The molecule has 8 heteroatoms. The van der Waals surface area contributed by atoms with Crippen LogP contribution in [0.2, 0.25) is 0 Å². The monoisotopic (exact) mass is 329 g/mol. The summed E-state index contributed by atoms with van der Waals surface area (Å²) in [5.74, 6) is -0.235. The number of amides is 1. The largest absolute Gasteiger partial charge is 0.383 e. The SMILES string of the molecule is CCNS(=O)(=O)c1ccc(C(=O)NCCNCCOC)cc1. The molecule has 0 saturated carbocycles. The first-order valence-electron chi connectivity index (χ1n) is 7.09. The number of hydrogen-bond donors (Lipinski definition) is 3. The van der Waals surface area contributed by atoms with Gasteiger partial charge in [0.1, 0.15) is 0 Å². The maximum absolute atomic E-state index is 11.9. The normalized spacial score (nSPS) is 11.4. The van der Waals surface area contributed by atoms with Gasteiger partial charge in [-0.2, -0.15) is 0 Å². The molecule has 0 fully saturated rings. The van der Waals surface area contributed by atoms with Crippen LogP contribution in [0.5, 0.6) is 0 Å². The van der Waals surface area contributed by atoms with Crippen LogP contribution >= 0.6 is 0 Å². The fourth-order valence-electron chi connectivity index (χ4n) is 1.72. The van der Waals surface area contributed by atoms with Gasteiger partial charge < -0.3 is 15.4 Å². The van der Waals surface area contributed by atoms with E-state index in [0.717, 1.165) is 6.54 Å². The Balaban J connectivity index is 2.47. The molecule has 0 aliphatic rings. The average molecular weight is 329 g/mol. The van der Waals surface area contributed by atoms with Gasteiger partial charge in [0, 0.05) is 38.9 Å². The van der Waals surface area contributed by atoms with E-state index in [1.165, 1.54) is 24.3 Å². The van der Waals surface area contributed by atoms with Gasteiger partial charge >= 0.3 is 0 Å². The summed E-state index contributed by atoms with van der Waals surface area (Å²) in [5, 5.41) is 5.86. The maximum Gasteiger partial charge on any atom is 0.251 e. The van der Waals surface area contributed by atoms with Gasteiger partial charge in [-0.15, -0.1) is 0 Å². The zero-order valence-electron chi connectivity index (χ0n) is 12.9. The van der Waals surface area contributed by atoms with Gasteiger partial charge in [0.15, 0.2) is 0 Å². The van der Waals surface area contributed by atoms with Gasteiger partial charge in [0.2, 0.25) is 10.0 Å². The van der Waals surface area contributed by atoms with Gasteiger partial charge in [-0.25, -0.2) is 13.1 Å². The molecule has 1 aromatic rings. The molecule has 0 radical (unpaired) electrons. The van der Waals surface area contributed by atoms with E-state index >= 15 is 0 Å². The van der Waals surface area contributed by atoms with Crippen LogP contribution in [0.1, 0.15) is 17.3 Å². The van der Waals surface area contributed by atoms with Crippen LogP contribution in [-0.4, -0.2) is 54.2 Å². The summed E-state index contributed by atoms with van der Waals surface area (Å²) in [5.41, 5.74) is 0.423. The minimum Gasteiger partial charge on any atom is -0.383 e. The molecule has 1 amide bonds. The van der Waals surface area contributed by atoms with Crippen molar-refractivity contribution in [3.05, 3.63) is 29.8 Å². The summed E-state index contributed by atoms with van der Waals surface area (Å²) in [7, 11) is -1.86. The number of carbonyl (C=O) groups excluding carboxylic acids is 1. The Kier molecular flexibility index (Phi) is 8.03. The summed E-state index contributed by atoms with van der Waals surface area (Å²) >= 11 is 0. The molecule has 0 aliphatic heterocycles. The molecule has 0 unspecified atom stereocenters. The number of hydrogen-bond acceptors (Lipinski definition) is 5. The van der Waals surface area contributed by atoms with Crippen molar-refractivity contribution in [2.75, 3.05) is 39.9 Å². The van der Waals surface area contributed by atoms with E-state index in [4.69, 9.17) is 4.74 Å². The fourth-order valence-corrected chi connectivity index (χ4v) is 2.77. The van der Waals surface area contributed by atoms with E-state index in [-0.39, 0.29) is 10.8 Å². The van der Waals surface area contributed by atoms with Crippen molar-refractivity contribution in [2.45, 2.75) is 11.8 Å². The number of methoxy groups -OCH3 is 1. The average Bonchev–Trinajstić information content (AvgIpc) is 2.50. The Labute approximate surface area is 131 Å². The van der Waals surface area contributed by atoms with Crippen LogP contribution in [-0.2, 0) is 14.8 Å². The van der Waals surface area contributed by atoms with E-state index in [9.17, 15) is 13.2 Å². The third kappa shape index (κ3) is 6.10. The predicted octanol–water partition coefficient (Wildman–Crippen LogP) is -0.0494. The number of nitrogens with one attached hydrogen (secondary N) is 3. The van der Waals surface area contributed by atoms with E-state index < -0.39 is 10.0 Å². The zero-order chi connectivity index (χ0) is 16.4. The summed E-state index contributed by atoms with van der Waals surface area (Å²) in [6, 6.07) is 5.84. The minimum atomic E-state index is -3.49. The number of benzene rings is 1. The van der Waals surface area contributed by atoms with Crippen molar-refractivity contribution in [1.82, 2.24) is 15.4 Å². The second kappa shape index (κ2) is 9.52. The van der Waals surface area contributed by atoms with Gasteiger partial charge in [-0.3, -0.25) is 4.79 Å². The Hall–Kier alpha value is -1.48. The fraction of sp³-hybridized carbons (Fsp3) is 0.500. The Morgan fingerprint density at radius 1 is 1.14 bits per heavy atom. The first-order valence-corrected chi connectivity index (χ1v) is 8.57. The summed E-state index contributed by atoms with van der Waals surface area (Å²) in [4.78, 5) is 12.0. The van der Waals surface area contributed by atoms with Crippen LogP contribution < -0.4 is 15.4 Å². The highest BCUT2D eigenvalue weighted by atomic mass is 32.2. The summed E-state index contributed by atoms with van der Waals surface area (Å²) < 4.78 is 30.9. The lowest BCUT2D eigenvalue weighted by molar-refractivity contribution is 0.0953. The smallest absolute Gasteiger partial charge is 0.251 e. The molecule has 0 spiro atoms. The number of ether oxygens (including phenoxy) is 1. The number of rotatable bonds is 10. The van der Waals surface area contributed by atoms with Gasteiger partial charge in [-0.05, 0) is 24.3 Å². The molecule has 1 aromatic carbocycles. The third-order valence-corrected chi connectivity index (χ3v) is 4.39. The molecular formula is C14H23N3O4S. The van der Waals surface area contributed by atoms with Crippen LogP contribution in [0, 0.1) is 0 Å². The van der Waals surface area contributed by atoms with Crippen molar-refractivity contribution in [3.8, 4) is 0 Å². The molecule has 3 N–H and O–H groups in total. The van der Waals surface area contributed by atoms with Gasteiger partial charge in [0.25, 0.3) is 5.91 Å². The van der Waals surface area contributed by atoms with Crippen LogP contribution in [0.4, 0.5) is 0 Å². The zero-order valence-corrected chi connectivity index (χ0v) is 13.7. The molecular weight excluding hydrogens is 306 g/mol. The van der Waals surface area contributed by atoms with Gasteiger partial charge in [-0.1, -0.05) is 6.92 Å². The minimum absolute atomic E-state index is 0.145.